The molecule has 0 fully saturated rings. The summed E-state index contributed by atoms with van der Waals surface area (Å²) in [7, 11) is 0. The molecule has 0 aliphatic carbocycles. The van der Waals surface area contributed by atoms with Crippen molar-refractivity contribution in [3.05, 3.63) is 63.7 Å². The fraction of sp³-hybridized carbons (Fsp3) is 0.294. The Balaban J connectivity index is 1.99. The second kappa shape index (κ2) is 5.12. The highest BCUT2D eigenvalue weighted by Crippen LogP contribution is 2.41. The van der Waals surface area contributed by atoms with Crippen LogP contribution in [0.3, 0.4) is 0 Å². The van der Waals surface area contributed by atoms with Gasteiger partial charge in [-0.2, -0.15) is 0 Å². The third kappa shape index (κ3) is 2.41. The molecule has 0 saturated carbocycles. The quantitative estimate of drug-likeness (QED) is 0.839. The number of aryl methyl sites for hydroxylation is 2. The van der Waals surface area contributed by atoms with Crippen molar-refractivity contribution in [3.63, 3.8) is 0 Å². The van der Waals surface area contributed by atoms with E-state index in [1.165, 1.54) is 16.7 Å². The maximum Gasteiger partial charge on any atom is 0.126 e. The predicted molar refractivity (Wildman–Crippen MR) is 82.3 cm³/mol. The molecule has 1 aliphatic heterocycles. The molecule has 1 unspecified atom stereocenters. The number of halogens is 1. The Kier molecular flexibility index (Phi) is 3.45. The molecule has 3 rings (SSSR count). The van der Waals surface area contributed by atoms with Crippen molar-refractivity contribution in [1.29, 1.82) is 0 Å². The molecule has 0 aromatic heterocycles. The van der Waals surface area contributed by atoms with Gasteiger partial charge in [-0.25, -0.2) is 0 Å². The van der Waals surface area contributed by atoms with Crippen molar-refractivity contribution in [2.24, 2.45) is 5.73 Å². The first-order valence-electron chi connectivity index (χ1n) is 6.83. The van der Waals surface area contributed by atoms with Gasteiger partial charge in [0.15, 0.2) is 0 Å². The first-order valence-corrected chi connectivity index (χ1v) is 7.21. The molecule has 2 aromatic rings. The monoisotopic (exact) mass is 287 g/mol. The second-order valence-corrected chi connectivity index (χ2v) is 5.93. The standard InChI is InChI=1S/C17H18ClNO/c1-10-3-4-11(2)13(7-10)17-9-15(19)14-8-12(18)5-6-16(14)20-17/h3-8,15,17H,9,19H2,1-2H3/t15-,17?/m0/s1. The summed E-state index contributed by atoms with van der Waals surface area (Å²) < 4.78 is 6.14. The lowest BCUT2D eigenvalue weighted by Crippen LogP contribution is -2.24. The van der Waals surface area contributed by atoms with E-state index >= 15 is 0 Å². The van der Waals surface area contributed by atoms with Gasteiger partial charge >= 0.3 is 0 Å². The van der Waals surface area contributed by atoms with E-state index in [1.54, 1.807) is 0 Å². The van der Waals surface area contributed by atoms with Crippen molar-refractivity contribution < 1.29 is 4.74 Å². The van der Waals surface area contributed by atoms with Gasteiger partial charge in [0.1, 0.15) is 11.9 Å². The Morgan fingerprint density at radius 3 is 2.70 bits per heavy atom. The highest BCUT2D eigenvalue weighted by atomic mass is 35.5. The van der Waals surface area contributed by atoms with Crippen molar-refractivity contribution in [3.8, 4) is 5.75 Å². The fourth-order valence-corrected chi connectivity index (χ4v) is 2.95. The minimum absolute atomic E-state index is 0.0126. The van der Waals surface area contributed by atoms with E-state index in [4.69, 9.17) is 22.1 Å². The Bertz CT molecular complexity index is 653. The topological polar surface area (TPSA) is 35.2 Å². The highest BCUT2D eigenvalue weighted by molar-refractivity contribution is 6.30. The van der Waals surface area contributed by atoms with Gasteiger partial charge in [0, 0.05) is 23.0 Å². The van der Waals surface area contributed by atoms with E-state index in [-0.39, 0.29) is 12.1 Å². The van der Waals surface area contributed by atoms with Crippen LogP contribution in [0, 0.1) is 13.8 Å². The van der Waals surface area contributed by atoms with Crippen LogP contribution < -0.4 is 10.5 Å². The van der Waals surface area contributed by atoms with E-state index in [1.807, 2.05) is 18.2 Å². The van der Waals surface area contributed by atoms with Crippen LogP contribution in [0.4, 0.5) is 0 Å². The number of nitrogens with two attached hydrogens (primary N) is 1. The van der Waals surface area contributed by atoms with E-state index in [0.717, 1.165) is 17.7 Å². The number of hydrogen-bond acceptors (Lipinski definition) is 2. The maximum atomic E-state index is 6.29. The lowest BCUT2D eigenvalue weighted by atomic mass is 9.91. The molecule has 0 amide bonds. The molecule has 0 spiro atoms. The summed E-state index contributed by atoms with van der Waals surface area (Å²) >= 11 is 6.03. The molecule has 0 bridgehead atoms. The van der Waals surface area contributed by atoms with Gasteiger partial charge in [0.2, 0.25) is 0 Å². The first-order chi connectivity index (χ1) is 9.54. The molecule has 2 nitrogen and oxygen atoms in total. The van der Waals surface area contributed by atoms with Crippen LogP contribution in [-0.2, 0) is 0 Å². The van der Waals surface area contributed by atoms with Gasteiger partial charge < -0.3 is 10.5 Å². The molecule has 1 aliphatic rings. The van der Waals surface area contributed by atoms with Gasteiger partial charge in [0.25, 0.3) is 0 Å². The van der Waals surface area contributed by atoms with E-state index in [0.29, 0.717) is 5.02 Å². The molecular formula is C17H18ClNO. The number of hydrogen-bond donors (Lipinski definition) is 1. The number of ether oxygens (including phenoxy) is 1. The summed E-state index contributed by atoms with van der Waals surface area (Å²) in [6.45, 7) is 4.21. The Labute approximate surface area is 124 Å². The summed E-state index contributed by atoms with van der Waals surface area (Å²) in [6, 6.07) is 12.1. The molecular weight excluding hydrogens is 270 g/mol. The molecule has 2 aromatic carbocycles. The van der Waals surface area contributed by atoms with Crippen molar-refractivity contribution in [1.82, 2.24) is 0 Å². The minimum Gasteiger partial charge on any atom is -0.485 e. The van der Waals surface area contributed by atoms with Crippen molar-refractivity contribution >= 4 is 11.6 Å². The Hall–Kier alpha value is -1.51. The lowest BCUT2D eigenvalue weighted by Gasteiger charge is -2.31. The van der Waals surface area contributed by atoms with E-state index in [2.05, 4.69) is 32.0 Å². The van der Waals surface area contributed by atoms with Crippen LogP contribution >= 0.6 is 11.6 Å². The van der Waals surface area contributed by atoms with Gasteiger partial charge in [-0.05, 0) is 43.2 Å². The molecule has 0 radical (unpaired) electrons. The first kappa shape index (κ1) is 13.5. The molecule has 2 N–H and O–H groups in total. The van der Waals surface area contributed by atoms with E-state index in [9.17, 15) is 0 Å². The van der Waals surface area contributed by atoms with Gasteiger partial charge in [0.05, 0.1) is 0 Å². The normalized spacial score (nSPS) is 21.2. The summed E-state index contributed by atoms with van der Waals surface area (Å²) in [5, 5.41) is 0.702. The summed E-state index contributed by atoms with van der Waals surface area (Å²) in [4.78, 5) is 0. The van der Waals surface area contributed by atoms with Crippen LogP contribution in [0.1, 0.15) is 40.8 Å². The van der Waals surface area contributed by atoms with E-state index < -0.39 is 0 Å². The molecule has 2 atom stereocenters. The van der Waals surface area contributed by atoms with Crippen LogP contribution in [0.25, 0.3) is 0 Å². The molecule has 0 saturated heterocycles. The maximum absolute atomic E-state index is 6.29. The third-order valence-electron chi connectivity index (χ3n) is 3.89. The lowest BCUT2D eigenvalue weighted by molar-refractivity contribution is 0.161. The van der Waals surface area contributed by atoms with Crippen LogP contribution in [0.2, 0.25) is 5.02 Å². The fourth-order valence-electron chi connectivity index (χ4n) is 2.77. The smallest absolute Gasteiger partial charge is 0.126 e. The van der Waals surface area contributed by atoms with Gasteiger partial charge in [-0.15, -0.1) is 0 Å². The SMILES string of the molecule is Cc1ccc(C)c(C2C[C@H](N)c3cc(Cl)ccc3O2)c1. The number of fused-ring (bicyclic) bond motifs is 1. The van der Waals surface area contributed by atoms with Crippen LogP contribution in [-0.4, -0.2) is 0 Å². The molecule has 104 valence electrons. The van der Waals surface area contributed by atoms with Crippen molar-refractivity contribution in [2.75, 3.05) is 0 Å². The molecule has 3 heteroatoms. The van der Waals surface area contributed by atoms with Crippen LogP contribution in [0.5, 0.6) is 5.75 Å². The minimum atomic E-state index is -0.0395. The molecule has 1 heterocycles. The van der Waals surface area contributed by atoms with Crippen LogP contribution in [0.15, 0.2) is 36.4 Å². The largest absolute Gasteiger partial charge is 0.485 e. The average Bonchev–Trinajstić information content (AvgIpc) is 2.42. The Morgan fingerprint density at radius 1 is 1.10 bits per heavy atom. The predicted octanol–water partition coefficient (Wildman–Crippen LogP) is 4.48. The zero-order valence-electron chi connectivity index (χ0n) is 11.7. The zero-order chi connectivity index (χ0) is 14.3. The Morgan fingerprint density at radius 2 is 1.90 bits per heavy atom. The number of benzene rings is 2. The second-order valence-electron chi connectivity index (χ2n) is 5.49. The molecule has 20 heavy (non-hydrogen) atoms. The van der Waals surface area contributed by atoms with Crippen molar-refractivity contribution in [2.45, 2.75) is 32.4 Å². The number of rotatable bonds is 1. The average molecular weight is 288 g/mol. The summed E-state index contributed by atoms with van der Waals surface area (Å²) in [6.07, 6.45) is 0.788. The summed E-state index contributed by atoms with van der Waals surface area (Å²) in [5.74, 6) is 0.846. The third-order valence-corrected chi connectivity index (χ3v) is 4.13. The zero-order valence-corrected chi connectivity index (χ0v) is 12.4. The van der Waals surface area contributed by atoms with Gasteiger partial charge in [-0.3, -0.25) is 0 Å². The highest BCUT2D eigenvalue weighted by Gasteiger charge is 2.28. The van der Waals surface area contributed by atoms with Gasteiger partial charge in [-0.1, -0.05) is 35.4 Å². The summed E-state index contributed by atoms with van der Waals surface area (Å²) in [5.41, 5.74) is 11.0.